The molecule has 18 heavy (non-hydrogen) atoms. The maximum Gasteiger partial charge on any atom is 0.126 e. The summed E-state index contributed by atoms with van der Waals surface area (Å²) in [4.78, 5) is 2.41. The van der Waals surface area contributed by atoms with Crippen LogP contribution in [0.25, 0.3) is 0 Å². The first-order valence-corrected chi connectivity index (χ1v) is 7.34. The van der Waals surface area contributed by atoms with Gasteiger partial charge in [-0.2, -0.15) is 0 Å². The summed E-state index contributed by atoms with van der Waals surface area (Å²) in [6, 6.07) is 6.07. The van der Waals surface area contributed by atoms with Crippen LogP contribution in [0.1, 0.15) is 24.8 Å². The minimum Gasteiger partial charge on any atom is -0.384 e. The summed E-state index contributed by atoms with van der Waals surface area (Å²) >= 11 is 3.51. The van der Waals surface area contributed by atoms with Crippen molar-refractivity contribution in [2.45, 2.75) is 19.3 Å². The van der Waals surface area contributed by atoms with Crippen LogP contribution in [0.2, 0.25) is 0 Å². The third-order valence-corrected chi connectivity index (χ3v) is 4.99. The number of rotatable bonds is 2. The van der Waals surface area contributed by atoms with Crippen molar-refractivity contribution in [3.8, 4) is 0 Å². The van der Waals surface area contributed by atoms with E-state index in [1.54, 1.807) is 0 Å². The Hall–Kier alpha value is -1.03. The standard InChI is InChI=1S/C14H18BrN3/c15-11-5-2-6-12(13(11)14(16)17)18-7-9-3-1-4-10(9)8-18/h2,5-6,9-10H,1,3-4,7-8H2,(H3,16,17). The van der Waals surface area contributed by atoms with Gasteiger partial charge in [-0.1, -0.05) is 12.5 Å². The third-order valence-electron chi connectivity index (χ3n) is 4.33. The minimum atomic E-state index is 0.148. The summed E-state index contributed by atoms with van der Waals surface area (Å²) in [5, 5.41) is 7.76. The van der Waals surface area contributed by atoms with Crippen molar-refractivity contribution in [1.29, 1.82) is 5.41 Å². The van der Waals surface area contributed by atoms with Crippen LogP contribution >= 0.6 is 15.9 Å². The van der Waals surface area contributed by atoms with Crippen molar-refractivity contribution in [3.63, 3.8) is 0 Å². The largest absolute Gasteiger partial charge is 0.384 e. The smallest absolute Gasteiger partial charge is 0.126 e. The lowest BCUT2D eigenvalue weighted by molar-refractivity contribution is 0.494. The topological polar surface area (TPSA) is 53.1 Å². The molecule has 2 unspecified atom stereocenters. The number of benzene rings is 1. The third kappa shape index (κ3) is 1.92. The van der Waals surface area contributed by atoms with Gasteiger partial charge in [-0.3, -0.25) is 5.41 Å². The highest BCUT2D eigenvalue weighted by atomic mass is 79.9. The zero-order valence-electron chi connectivity index (χ0n) is 10.3. The maximum absolute atomic E-state index is 7.76. The van der Waals surface area contributed by atoms with E-state index in [1.807, 2.05) is 12.1 Å². The van der Waals surface area contributed by atoms with Crippen LogP contribution in [0.5, 0.6) is 0 Å². The highest BCUT2D eigenvalue weighted by molar-refractivity contribution is 9.10. The summed E-state index contributed by atoms with van der Waals surface area (Å²) in [5.41, 5.74) is 7.69. The van der Waals surface area contributed by atoms with Gasteiger partial charge in [-0.05, 0) is 52.7 Å². The number of hydrogen-bond acceptors (Lipinski definition) is 2. The molecule has 3 N–H and O–H groups in total. The first-order valence-electron chi connectivity index (χ1n) is 6.54. The van der Waals surface area contributed by atoms with Gasteiger partial charge in [0.05, 0.1) is 5.56 Å². The molecule has 2 aliphatic rings. The van der Waals surface area contributed by atoms with Crippen molar-refractivity contribution in [1.82, 2.24) is 0 Å². The van der Waals surface area contributed by atoms with Gasteiger partial charge in [0, 0.05) is 23.2 Å². The molecule has 1 aromatic rings. The van der Waals surface area contributed by atoms with E-state index in [0.29, 0.717) is 0 Å². The Kier molecular flexibility index (Phi) is 3.06. The summed E-state index contributed by atoms with van der Waals surface area (Å²) in [5.74, 6) is 1.85. The van der Waals surface area contributed by atoms with Crippen LogP contribution in [-0.2, 0) is 0 Å². The fourth-order valence-corrected chi connectivity index (χ4v) is 4.04. The zero-order valence-corrected chi connectivity index (χ0v) is 11.9. The Morgan fingerprint density at radius 2 is 1.94 bits per heavy atom. The molecule has 1 saturated carbocycles. The Morgan fingerprint density at radius 1 is 1.28 bits per heavy atom. The van der Waals surface area contributed by atoms with E-state index in [-0.39, 0.29) is 5.84 Å². The predicted octanol–water partition coefficient (Wildman–Crippen LogP) is 2.97. The molecule has 1 aliphatic heterocycles. The number of nitrogens with one attached hydrogen (secondary N) is 1. The molecule has 1 heterocycles. The fourth-order valence-electron chi connectivity index (χ4n) is 3.47. The highest BCUT2D eigenvalue weighted by Gasteiger charge is 2.36. The lowest BCUT2D eigenvalue weighted by Crippen LogP contribution is -2.25. The Balaban J connectivity index is 1.93. The van der Waals surface area contributed by atoms with Crippen molar-refractivity contribution in [2.75, 3.05) is 18.0 Å². The number of nitrogen functional groups attached to an aromatic ring is 1. The van der Waals surface area contributed by atoms with Gasteiger partial charge in [-0.15, -0.1) is 0 Å². The molecule has 1 aliphatic carbocycles. The molecule has 0 amide bonds. The number of halogens is 1. The fraction of sp³-hybridized carbons (Fsp3) is 0.500. The molecule has 0 spiro atoms. The quantitative estimate of drug-likeness (QED) is 0.652. The van der Waals surface area contributed by atoms with Crippen LogP contribution in [-0.4, -0.2) is 18.9 Å². The zero-order chi connectivity index (χ0) is 12.7. The average Bonchev–Trinajstić information content (AvgIpc) is 2.87. The van der Waals surface area contributed by atoms with Crippen LogP contribution in [0.3, 0.4) is 0 Å². The second kappa shape index (κ2) is 4.57. The molecule has 3 rings (SSSR count). The molecule has 2 fully saturated rings. The molecular formula is C14H18BrN3. The SMILES string of the molecule is N=C(N)c1c(Br)cccc1N1CC2CCCC2C1. The first-order chi connectivity index (χ1) is 8.66. The predicted molar refractivity (Wildman–Crippen MR) is 78.2 cm³/mol. The first kappa shape index (κ1) is 12.0. The van der Waals surface area contributed by atoms with E-state index < -0.39 is 0 Å². The Bertz CT molecular complexity index is 474. The van der Waals surface area contributed by atoms with Crippen molar-refractivity contribution in [3.05, 3.63) is 28.2 Å². The van der Waals surface area contributed by atoms with Gasteiger partial charge in [0.1, 0.15) is 5.84 Å². The summed E-state index contributed by atoms with van der Waals surface area (Å²) in [6.07, 6.45) is 4.12. The molecule has 4 heteroatoms. The number of hydrogen-bond donors (Lipinski definition) is 2. The summed E-state index contributed by atoms with van der Waals surface area (Å²) in [7, 11) is 0. The number of amidine groups is 1. The molecule has 0 aromatic heterocycles. The lowest BCUT2D eigenvalue weighted by atomic mass is 10.0. The van der Waals surface area contributed by atoms with Crippen molar-refractivity contribution < 1.29 is 0 Å². The van der Waals surface area contributed by atoms with Crippen LogP contribution in [0, 0.1) is 17.2 Å². The van der Waals surface area contributed by atoms with Gasteiger partial charge in [0.25, 0.3) is 0 Å². The Morgan fingerprint density at radius 3 is 2.56 bits per heavy atom. The second-order valence-corrected chi connectivity index (χ2v) is 6.26. The van der Waals surface area contributed by atoms with Gasteiger partial charge < -0.3 is 10.6 Å². The number of anilines is 1. The molecule has 2 atom stereocenters. The molecule has 1 aromatic carbocycles. The molecule has 96 valence electrons. The molecule has 0 bridgehead atoms. The molecule has 0 radical (unpaired) electrons. The number of fused-ring (bicyclic) bond motifs is 1. The number of nitrogens with zero attached hydrogens (tertiary/aromatic N) is 1. The molecule has 1 saturated heterocycles. The normalized spacial score (nSPS) is 26.4. The monoisotopic (exact) mass is 307 g/mol. The van der Waals surface area contributed by atoms with Crippen LogP contribution in [0.4, 0.5) is 5.69 Å². The molecule has 3 nitrogen and oxygen atoms in total. The summed E-state index contributed by atoms with van der Waals surface area (Å²) in [6.45, 7) is 2.25. The van der Waals surface area contributed by atoms with E-state index in [2.05, 4.69) is 26.9 Å². The Labute approximate surface area is 116 Å². The van der Waals surface area contributed by atoms with Gasteiger partial charge in [0.2, 0.25) is 0 Å². The lowest BCUT2D eigenvalue weighted by Gasteiger charge is -2.23. The highest BCUT2D eigenvalue weighted by Crippen LogP contribution is 2.41. The second-order valence-electron chi connectivity index (χ2n) is 5.40. The van der Waals surface area contributed by atoms with E-state index in [0.717, 1.165) is 40.6 Å². The van der Waals surface area contributed by atoms with E-state index in [1.165, 1.54) is 19.3 Å². The van der Waals surface area contributed by atoms with Gasteiger partial charge in [0.15, 0.2) is 0 Å². The van der Waals surface area contributed by atoms with E-state index in [4.69, 9.17) is 11.1 Å². The average molecular weight is 308 g/mol. The van der Waals surface area contributed by atoms with Gasteiger partial charge >= 0.3 is 0 Å². The number of nitrogens with two attached hydrogens (primary N) is 1. The summed E-state index contributed by atoms with van der Waals surface area (Å²) < 4.78 is 0.921. The van der Waals surface area contributed by atoms with Crippen molar-refractivity contribution in [2.24, 2.45) is 17.6 Å². The van der Waals surface area contributed by atoms with E-state index in [9.17, 15) is 0 Å². The maximum atomic E-state index is 7.76. The van der Waals surface area contributed by atoms with Crippen molar-refractivity contribution >= 4 is 27.5 Å². The van der Waals surface area contributed by atoms with E-state index >= 15 is 0 Å². The van der Waals surface area contributed by atoms with Crippen LogP contribution < -0.4 is 10.6 Å². The van der Waals surface area contributed by atoms with Crippen LogP contribution in [0.15, 0.2) is 22.7 Å². The van der Waals surface area contributed by atoms with Gasteiger partial charge in [-0.25, -0.2) is 0 Å². The minimum absolute atomic E-state index is 0.148. The molecular weight excluding hydrogens is 290 g/mol.